The molecule has 4 heteroatoms. The smallest absolute Gasteiger partial charge is 0.150 e. The first-order chi connectivity index (χ1) is 8.60. The van der Waals surface area contributed by atoms with Crippen molar-refractivity contribution in [1.82, 2.24) is 0 Å². The van der Waals surface area contributed by atoms with Gasteiger partial charge in [0.25, 0.3) is 0 Å². The minimum absolute atomic E-state index is 0.00700. The van der Waals surface area contributed by atoms with Crippen molar-refractivity contribution in [2.75, 3.05) is 5.32 Å². The van der Waals surface area contributed by atoms with Gasteiger partial charge < -0.3 is 5.32 Å². The fraction of sp³-hybridized carbons (Fsp3) is 0.500. The van der Waals surface area contributed by atoms with E-state index >= 15 is 0 Å². The number of halogens is 2. The van der Waals surface area contributed by atoms with E-state index < -0.39 is 11.6 Å². The minimum Gasteiger partial charge on any atom is -0.378 e. The highest BCUT2D eigenvalue weighted by molar-refractivity contribution is 5.51. The van der Waals surface area contributed by atoms with Crippen LogP contribution in [0, 0.1) is 28.9 Å². The van der Waals surface area contributed by atoms with Crippen molar-refractivity contribution in [3.63, 3.8) is 0 Å². The summed E-state index contributed by atoms with van der Waals surface area (Å²) in [6.07, 6.45) is 4.12. The summed E-state index contributed by atoms with van der Waals surface area (Å²) in [5, 5.41) is 11.6. The predicted molar refractivity (Wildman–Crippen MR) is 66.1 cm³/mol. The van der Waals surface area contributed by atoms with Crippen LogP contribution in [-0.2, 0) is 0 Å². The van der Waals surface area contributed by atoms with Gasteiger partial charge >= 0.3 is 0 Å². The molecule has 0 aliphatic heterocycles. The molecule has 2 nitrogen and oxygen atoms in total. The van der Waals surface area contributed by atoms with Crippen molar-refractivity contribution >= 4 is 5.69 Å². The molecule has 1 fully saturated rings. The Morgan fingerprint density at radius 1 is 1.28 bits per heavy atom. The van der Waals surface area contributed by atoms with Crippen molar-refractivity contribution in [2.45, 2.75) is 38.6 Å². The number of hydrogen-bond acceptors (Lipinski definition) is 2. The van der Waals surface area contributed by atoms with Crippen LogP contribution in [0.25, 0.3) is 0 Å². The van der Waals surface area contributed by atoms with E-state index in [-0.39, 0.29) is 17.3 Å². The van der Waals surface area contributed by atoms with Crippen LogP contribution in [0.2, 0.25) is 0 Å². The number of nitrogens with zero attached hydrogens (tertiary/aromatic N) is 1. The van der Waals surface area contributed by atoms with Gasteiger partial charge in [-0.05, 0) is 30.9 Å². The summed E-state index contributed by atoms with van der Waals surface area (Å²) >= 11 is 0. The molecule has 96 valence electrons. The monoisotopic (exact) mass is 250 g/mol. The summed E-state index contributed by atoms with van der Waals surface area (Å²) in [7, 11) is 0. The molecule has 0 spiro atoms. The third-order valence-corrected chi connectivity index (χ3v) is 3.46. The van der Waals surface area contributed by atoms with E-state index in [1.165, 1.54) is 6.42 Å². The highest BCUT2D eigenvalue weighted by atomic mass is 19.1. The summed E-state index contributed by atoms with van der Waals surface area (Å²) in [4.78, 5) is 0. The second kappa shape index (κ2) is 5.34. The molecule has 0 bridgehead atoms. The predicted octanol–water partition coefficient (Wildman–Crippen LogP) is 3.83. The van der Waals surface area contributed by atoms with Crippen molar-refractivity contribution in [3.05, 3.63) is 29.3 Å². The van der Waals surface area contributed by atoms with E-state index in [9.17, 15) is 8.78 Å². The van der Waals surface area contributed by atoms with Crippen LogP contribution in [0.1, 0.15) is 38.2 Å². The van der Waals surface area contributed by atoms with E-state index in [4.69, 9.17) is 5.26 Å². The maximum Gasteiger partial charge on any atom is 0.150 e. The first-order valence-electron chi connectivity index (χ1n) is 6.26. The van der Waals surface area contributed by atoms with Crippen molar-refractivity contribution in [1.29, 1.82) is 5.26 Å². The molecule has 1 saturated carbocycles. The lowest BCUT2D eigenvalue weighted by Gasteiger charge is -2.28. The highest BCUT2D eigenvalue weighted by Gasteiger charge is 2.21. The quantitative estimate of drug-likeness (QED) is 0.866. The molecule has 0 aromatic heterocycles. The standard InChI is InChI=1S/C14H16F2N2/c1-9-3-2-4-11(5-9)18-14-12(15)6-10(8-17)7-13(14)16/h6-7,9,11,18H,2-5H2,1H3. The summed E-state index contributed by atoms with van der Waals surface area (Å²) in [5.74, 6) is -0.796. The van der Waals surface area contributed by atoms with Crippen LogP contribution in [0.4, 0.5) is 14.5 Å². The van der Waals surface area contributed by atoms with Crippen LogP contribution in [0.3, 0.4) is 0 Å². The zero-order chi connectivity index (χ0) is 13.1. The number of benzene rings is 1. The summed E-state index contributed by atoms with van der Waals surface area (Å²) < 4.78 is 27.4. The van der Waals surface area contributed by atoms with Crippen LogP contribution < -0.4 is 5.32 Å². The van der Waals surface area contributed by atoms with E-state index in [1.807, 2.05) is 0 Å². The SMILES string of the molecule is CC1CCCC(Nc2c(F)cc(C#N)cc2F)C1. The molecule has 2 rings (SSSR count). The largest absolute Gasteiger partial charge is 0.378 e. The average Bonchev–Trinajstić information content (AvgIpc) is 2.33. The van der Waals surface area contributed by atoms with Gasteiger partial charge in [-0.2, -0.15) is 5.26 Å². The lowest BCUT2D eigenvalue weighted by atomic mass is 9.87. The van der Waals surface area contributed by atoms with E-state index in [0.717, 1.165) is 31.4 Å². The van der Waals surface area contributed by atoms with Gasteiger partial charge in [-0.3, -0.25) is 0 Å². The molecular formula is C14H16F2N2. The maximum absolute atomic E-state index is 13.7. The molecule has 2 unspecified atom stereocenters. The molecule has 1 N–H and O–H groups in total. The Bertz CT molecular complexity index is 456. The highest BCUT2D eigenvalue weighted by Crippen LogP contribution is 2.28. The van der Waals surface area contributed by atoms with Crippen molar-refractivity contribution < 1.29 is 8.78 Å². The number of hydrogen-bond donors (Lipinski definition) is 1. The fourth-order valence-corrected chi connectivity index (χ4v) is 2.54. The third kappa shape index (κ3) is 2.79. The molecule has 0 radical (unpaired) electrons. The van der Waals surface area contributed by atoms with Crippen molar-refractivity contribution in [3.8, 4) is 6.07 Å². The average molecular weight is 250 g/mol. The van der Waals surface area contributed by atoms with Gasteiger partial charge in [0.15, 0.2) is 11.6 Å². The zero-order valence-corrected chi connectivity index (χ0v) is 10.3. The molecule has 2 atom stereocenters. The van der Waals surface area contributed by atoms with Gasteiger partial charge in [0.05, 0.1) is 11.6 Å². The Labute approximate surface area is 106 Å². The lowest BCUT2D eigenvalue weighted by Crippen LogP contribution is -2.27. The number of anilines is 1. The van der Waals surface area contributed by atoms with Gasteiger partial charge in [0, 0.05) is 6.04 Å². The molecule has 1 aromatic rings. The summed E-state index contributed by atoms with van der Waals surface area (Å²) in [5.41, 5.74) is -0.0966. The number of nitriles is 1. The Morgan fingerprint density at radius 3 is 2.50 bits per heavy atom. The summed E-state index contributed by atoms with van der Waals surface area (Å²) in [6, 6.07) is 3.99. The topological polar surface area (TPSA) is 35.8 Å². The van der Waals surface area contributed by atoms with Gasteiger partial charge in [-0.1, -0.05) is 19.8 Å². The number of nitrogens with one attached hydrogen (secondary N) is 1. The molecule has 1 aliphatic carbocycles. The molecule has 0 amide bonds. The fourth-order valence-electron chi connectivity index (χ4n) is 2.54. The lowest BCUT2D eigenvalue weighted by molar-refractivity contribution is 0.357. The zero-order valence-electron chi connectivity index (χ0n) is 10.3. The Hall–Kier alpha value is -1.63. The van der Waals surface area contributed by atoms with Gasteiger partial charge in [-0.15, -0.1) is 0 Å². The second-order valence-corrected chi connectivity index (χ2v) is 5.04. The van der Waals surface area contributed by atoms with Crippen molar-refractivity contribution in [2.24, 2.45) is 5.92 Å². The third-order valence-electron chi connectivity index (χ3n) is 3.46. The van der Waals surface area contributed by atoms with Crippen LogP contribution >= 0.6 is 0 Å². The van der Waals surface area contributed by atoms with Gasteiger partial charge in [0.1, 0.15) is 5.69 Å². The van der Waals surface area contributed by atoms with Crippen LogP contribution in [-0.4, -0.2) is 6.04 Å². The van der Waals surface area contributed by atoms with Gasteiger partial charge in [-0.25, -0.2) is 8.78 Å². The van der Waals surface area contributed by atoms with Gasteiger partial charge in [0.2, 0.25) is 0 Å². The molecular weight excluding hydrogens is 234 g/mol. The molecule has 0 heterocycles. The Kier molecular flexibility index (Phi) is 3.81. The van der Waals surface area contributed by atoms with Crippen LogP contribution in [0.15, 0.2) is 12.1 Å². The Balaban J connectivity index is 2.16. The molecule has 18 heavy (non-hydrogen) atoms. The first kappa shape index (κ1) is 12.8. The van der Waals surface area contributed by atoms with E-state index in [0.29, 0.717) is 5.92 Å². The Morgan fingerprint density at radius 2 is 1.94 bits per heavy atom. The minimum atomic E-state index is -0.690. The normalized spacial score (nSPS) is 23.4. The molecule has 0 saturated heterocycles. The van der Waals surface area contributed by atoms with Crippen LogP contribution in [0.5, 0.6) is 0 Å². The molecule has 1 aromatic carbocycles. The first-order valence-corrected chi connectivity index (χ1v) is 6.26. The maximum atomic E-state index is 13.7. The van der Waals surface area contributed by atoms with E-state index in [1.54, 1.807) is 6.07 Å². The van der Waals surface area contributed by atoms with E-state index in [2.05, 4.69) is 12.2 Å². The summed E-state index contributed by atoms with van der Waals surface area (Å²) in [6.45, 7) is 2.15. The second-order valence-electron chi connectivity index (χ2n) is 5.04. The number of rotatable bonds is 2. The molecule has 1 aliphatic rings.